The number of hydrogen-bond donors (Lipinski definition) is 1. The van der Waals surface area contributed by atoms with Crippen LogP contribution < -0.4 is 15.2 Å². The van der Waals surface area contributed by atoms with E-state index in [1.807, 2.05) is 18.2 Å². The first-order valence-corrected chi connectivity index (χ1v) is 12.2. The van der Waals surface area contributed by atoms with E-state index < -0.39 is 0 Å². The highest BCUT2D eigenvalue weighted by atomic mass is 16.5. The number of nitrogens with zero attached hydrogens (tertiary/aromatic N) is 2. The lowest BCUT2D eigenvalue weighted by atomic mass is 9.73. The summed E-state index contributed by atoms with van der Waals surface area (Å²) in [6.45, 7) is 4.04. The predicted molar refractivity (Wildman–Crippen MR) is 132 cm³/mol. The molecule has 2 N–H and O–H groups in total. The van der Waals surface area contributed by atoms with E-state index in [1.165, 1.54) is 5.56 Å². The highest BCUT2D eigenvalue weighted by Gasteiger charge is 2.40. The van der Waals surface area contributed by atoms with Crippen molar-refractivity contribution in [1.82, 2.24) is 10.0 Å². The van der Waals surface area contributed by atoms with Crippen LogP contribution >= 0.6 is 0 Å². The van der Waals surface area contributed by atoms with E-state index in [2.05, 4.69) is 40.3 Å². The lowest BCUT2D eigenvalue weighted by Crippen LogP contribution is -2.54. The van der Waals surface area contributed by atoms with Crippen LogP contribution in [-0.2, 0) is 21.6 Å². The zero-order valence-corrected chi connectivity index (χ0v) is 20.4. The number of piperidine rings is 1. The third kappa shape index (κ3) is 5.71. The molecule has 2 heterocycles. The zero-order valence-electron chi connectivity index (χ0n) is 20.4. The van der Waals surface area contributed by atoms with E-state index in [-0.39, 0.29) is 17.4 Å². The number of hydrazine groups is 1. The molecule has 2 fully saturated rings. The predicted octanol–water partition coefficient (Wildman–Crippen LogP) is 3.51. The van der Waals surface area contributed by atoms with Crippen molar-refractivity contribution in [3.05, 3.63) is 59.7 Å². The number of rotatable bonds is 10. The molecule has 2 aromatic carbocycles. The van der Waals surface area contributed by atoms with Crippen LogP contribution in [0.5, 0.6) is 11.5 Å². The first kappa shape index (κ1) is 24.5. The van der Waals surface area contributed by atoms with Crippen molar-refractivity contribution in [1.29, 1.82) is 0 Å². The Bertz CT molecular complexity index is 922. The van der Waals surface area contributed by atoms with Crippen molar-refractivity contribution in [2.75, 3.05) is 40.5 Å². The number of benzene rings is 2. The second-order valence-electron chi connectivity index (χ2n) is 9.44. The Morgan fingerprint density at radius 2 is 1.71 bits per heavy atom. The Kier molecular flexibility index (Phi) is 8.08. The summed E-state index contributed by atoms with van der Waals surface area (Å²) in [6.07, 6.45) is 4.59. The molecule has 0 aliphatic carbocycles. The minimum atomic E-state index is -0.213. The Morgan fingerprint density at radius 1 is 1.03 bits per heavy atom. The normalized spacial score (nSPS) is 20.8. The molecule has 7 nitrogen and oxygen atoms in total. The number of carbonyl (C=O) groups is 1. The maximum atomic E-state index is 11.5. The van der Waals surface area contributed by atoms with Crippen molar-refractivity contribution in [3.63, 3.8) is 0 Å². The zero-order chi connectivity index (χ0) is 24.0. The second-order valence-corrected chi connectivity index (χ2v) is 9.44. The molecule has 0 radical (unpaired) electrons. The van der Waals surface area contributed by atoms with Gasteiger partial charge in [-0.05, 0) is 48.9 Å². The van der Waals surface area contributed by atoms with E-state index >= 15 is 0 Å². The number of nitrogens with two attached hydrogens (primary N) is 1. The second kappa shape index (κ2) is 11.2. The van der Waals surface area contributed by atoms with Gasteiger partial charge in [-0.1, -0.05) is 30.3 Å². The molecule has 0 aromatic heterocycles. The van der Waals surface area contributed by atoms with Crippen molar-refractivity contribution >= 4 is 5.91 Å². The fourth-order valence-electron chi connectivity index (χ4n) is 5.43. The Labute approximate surface area is 202 Å². The van der Waals surface area contributed by atoms with Crippen LogP contribution in [0.4, 0.5) is 0 Å². The van der Waals surface area contributed by atoms with E-state index in [0.29, 0.717) is 19.6 Å². The van der Waals surface area contributed by atoms with Crippen molar-refractivity contribution in [2.45, 2.75) is 50.2 Å². The molecule has 2 saturated heterocycles. The number of hydrogen-bond acceptors (Lipinski definition) is 6. The van der Waals surface area contributed by atoms with Gasteiger partial charge in [0.1, 0.15) is 11.5 Å². The summed E-state index contributed by atoms with van der Waals surface area (Å²) >= 11 is 0. The molecule has 1 amide bonds. The van der Waals surface area contributed by atoms with Gasteiger partial charge in [0.05, 0.1) is 27.4 Å². The maximum absolute atomic E-state index is 11.5. The summed E-state index contributed by atoms with van der Waals surface area (Å²) < 4.78 is 17.1. The van der Waals surface area contributed by atoms with Gasteiger partial charge in [-0.15, -0.1) is 0 Å². The molecule has 1 unspecified atom stereocenters. The summed E-state index contributed by atoms with van der Waals surface area (Å²) in [5.41, 5.74) is 7.82. The summed E-state index contributed by atoms with van der Waals surface area (Å²) in [7, 11) is 3.32. The van der Waals surface area contributed by atoms with Gasteiger partial charge < -0.3 is 19.9 Å². The van der Waals surface area contributed by atoms with Crippen LogP contribution in [0.15, 0.2) is 48.5 Å². The Hall–Kier alpha value is -2.61. The van der Waals surface area contributed by atoms with Crippen LogP contribution in [0.25, 0.3) is 0 Å². The molecule has 2 aliphatic heterocycles. The molecular formula is C27H37N3O4. The summed E-state index contributed by atoms with van der Waals surface area (Å²) in [4.78, 5) is 11.5. The van der Waals surface area contributed by atoms with Gasteiger partial charge in [0.2, 0.25) is 5.91 Å². The van der Waals surface area contributed by atoms with Gasteiger partial charge in [-0.3, -0.25) is 4.79 Å². The molecule has 184 valence electrons. The Balaban J connectivity index is 1.44. The summed E-state index contributed by atoms with van der Waals surface area (Å²) in [5, 5.41) is 4.83. The van der Waals surface area contributed by atoms with Gasteiger partial charge in [-0.2, -0.15) is 0 Å². The quantitative estimate of drug-likeness (QED) is 0.576. The average Bonchev–Trinajstić information content (AvgIpc) is 3.32. The van der Waals surface area contributed by atoms with E-state index in [1.54, 1.807) is 14.2 Å². The van der Waals surface area contributed by atoms with Crippen molar-refractivity contribution in [2.24, 2.45) is 5.73 Å². The average molecular weight is 468 g/mol. The third-order valence-corrected chi connectivity index (χ3v) is 7.29. The topological polar surface area (TPSA) is 77.3 Å². The fourth-order valence-corrected chi connectivity index (χ4v) is 5.43. The standard InChI is InChI=1S/C27H37N3O4/c1-32-24-15-21(16-25(18-24)33-2)19-34-20-27(22-7-4-3-5-8-22)10-13-29(14-11-27)30-12-6-9-23(30)17-26(28)31/h3-5,7-8,15-16,18,23H,6,9-14,17,19-20H2,1-2H3,(H2,28,31). The van der Waals surface area contributed by atoms with Gasteiger partial charge in [0, 0.05) is 43.6 Å². The van der Waals surface area contributed by atoms with Crippen LogP contribution in [-0.4, -0.2) is 62.4 Å². The Morgan fingerprint density at radius 3 is 2.32 bits per heavy atom. The number of methoxy groups -OCH3 is 2. The minimum Gasteiger partial charge on any atom is -0.497 e. The number of primary amides is 1. The largest absolute Gasteiger partial charge is 0.497 e. The molecule has 34 heavy (non-hydrogen) atoms. The molecule has 2 aromatic rings. The highest BCUT2D eigenvalue weighted by molar-refractivity contribution is 5.74. The third-order valence-electron chi connectivity index (χ3n) is 7.29. The SMILES string of the molecule is COc1cc(COCC2(c3ccccc3)CCN(N3CCCC3CC(N)=O)CC2)cc(OC)c1. The molecular weight excluding hydrogens is 430 g/mol. The van der Waals surface area contributed by atoms with Crippen LogP contribution in [0.3, 0.4) is 0 Å². The molecule has 2 aliphatic rings. The van der Waals surface area contributed by atoms with Crippen LogP contribution in [0.1, 0.15) is 43.2 Å². The summed E-state index contributed by atoms with van der Waals surface area (Å²) in [5.74, 6) is 1.32. The first-order valence-electron chi connectivity index (χ1n) is 12.2. The fraction of sp³-hybridized carbons (Fsp3) is 0.519. The van der Waals surface area contributed by atoms with E-state index in [4.69, 9.17) is 19.9 Å². The van der Waals surface area contributed by atoms with Gasteiger partial charge in [0.25, 0.3) is 0 Å². The highest BCUT2D eigenvalue weighted by Crippen LogP contribution is 2.38. The lowest BCUT2D eigenvalue weighted by Gasteiger charge is -2.46. The lowest BCUT2D eigenvalue weighted by molar-refractivity contribution is -0.122. The molecule has 0 bridgehead atoms. The molecule has 0 saturated carbocycles. The molecule has 1 atom stereocenters. The van der Waals surface area contributed by atoms with Crippen molar-refractivity contribution in [3.8, 4) is 11.5 Å². The van der Waals surface area contributed by atoms with Crippen LogP contribution in [0, 0.1) is 0 Å². The summed E-state index contributed by atoms with van der Waals surface area (Å²) in [6, 6.07) is 16.8. The number of ether oxygens (including phenoxy) is 3. The molecule has 4 rings (SSSR count). The monoisotopic (exact) mass is 467 g/mol. The van der Waals surface area contributed by atoms with E-state index in [0.717, 1.165) is 62.4 Å². The molecule has 0 spiro atoms. The van der Waals surface area contributed by atoms with Gasteiger partial charge in [0.15, 0.2) is 0 Å². The van der Waals surface area contributed by atoms with E-state index in [9.17, 15) is 4.79 Å². The number of amides is 1. The molecule has 7 heteroatoms. The maximum Gasteiger partial charge on any atom is 0.219 e. The van der Waals surface area contributed by atoms with Gasteiger partial charge in [-0.25, -0.2) is 10.0 Å². The number of carbonyl (C=O) groups excluding carboxylic acids is 1. The smallest absolute Gasteiger partial charge is 0.219 e. The first-order chi connectivity index (χ1) is 16.5. The van der Waals surface area contributed by atoms with Crippen LogP contribution in [0.2, 0.25) is 0 Å². The van der Waals surface area contributed by atoms with Crippen molar-refractivity contribution < 1.29 is 19.0 Å². The minimum absolute atomic E-state index is 0.0420. The van der Waals surface area contributed by atoms with Gasteiger partial charge >= 0.3 is 0 Å².